The molecule has 0 amide bonds. The summed E-state index contributed by atoms with van der Waals surface area (Å²) in [6, 6.07) is 25.2. The van der Waals surface area contributed by atoms with E-state index in [-0.39, 0.29) is 0 Å². The molecule has 3 aromatic rings. The smallest absolute Gasteiger partial charge is 0.0545 e. The van der Waals surface area contributed by atoms with Crippen molar-refractivity contribution >= 4 is 17.4 Å². The zero-order valence-electron chi connectivity index (χ0n) is 21.0. The fourth-order valence-corrected chi connectivity index (χ4v) is 11.0. The summed E-state index contributed by atoms with van der Waals surface area (Å²) >= 11 is 2.22. The average molecular weight is 490 g/mol. The van der Waals surface area contributed by atoms with Crippen LogP contribution >= 0.6 is 11.8 Å². The Balaban J connectivity index is 1.08. The third-order valence-electron chi connectivity index (χ3n) is 11.1. The molecule has 1 nitrogen and oxygen atoms in total. The van der Waals surface area contributed by atoms with Gasteiger partial charge in [0.1, 0.15) is 0 Å². The van der Waals surface area contributed by atoms with Crippen molar-refractivity contribution in [1.82, 2.24) is 0 Å². The van der Waals surface area contributed by atoms with Crippen LogP contribution in [0.5, 0.6) is 0 Å². The number of piperidine rings is 1. The average Bonchev–Trinajstić information content (AvgIpc) is 2.98. The molecule has 6 bridgehead atoms. The van der Waals surface area contributed by atoms with Crippen LogP contribution in [-0.4, -0.2) is 12.3 Å². The van der Waals surface area contributed by atoms with Crippen LogP contribution < -0.4 is 4.90 Å². The Morgan fingerprint density at radius 2 is 1.33 bits per heavy atom. The highest BCUT2D eigenvalue weighted by Gasteiger charge is 2.43. The van der Waals surface area contributed by atoms with Crippen molar-refractivity contribution in [2.24, 2.45) is 0 Å². The van der Waals surface area contributed by atoms with Gasteiger partial charge in [0, 0.05) is 35.1 Å². The first kappa shape index (κ1) is 20.8. The Hall–Kier alpha value is -2.19. The highest BCUT2D eigenvalue weighted by Crippen LogP contribution is 2.59. The molecule has 0 aromatic heterocycles. The van der Waals surface area contributed by atoms with Crippen molar-refractivity contribution in [3.8, 4) is 0 Å². The molecule has 3 fully saturated rings. The van der Waals surface area contributed by atoms with Crippen LogP contribution in [0.3, 0.4) is 0 Å². The summed E-state index contributed by atoms with van der Waals surface area (Å²) in [6.07, 6.45) is 9.70. The highest BCUT2D eigenvalue weighted by molar-refractivity contribution is 7.99. The summed E-state index contributed by atoms with van der Waals surface area (Å²) in [7, 11) is 0. The van der Waals surface area contributed by atoms with E-state index in [1.807, 2.05) is 0 Å². The second-order valence-corrected chi connectivity index (χ2v) is 13.8. The molecular weight excluding hydrogens is 454 g/mol. The van der Waals surface area contributed by atoms with Crippen LogP contribution in [0.25, 0.3) is 0 Å². The Morgan fingerprint density at radius 3 is 2.22 bits per heavy atom. The molecule has 5 aliphatic carbocycles. The number of fused-ring (bicyclic) bond motifs is 6. The summed E-state index contributed by atoms with van der Waals surface area (Å²) in [5.41, 5.74) is 13.1. The number of anilines is 1. The molecule has 12 rings (SSSR count). The molecular formula is C34H35NS. The first-order valence-corrected chi connectivity index (χ1v) is 15.6. The fraction of sp³-hybridized carbons (Fsp3) is 0.471. The predicted molar refractivity (Wildman–Crippen MR) is 151 cm³/mol. The maximum absolute atomic E-state index is 2.81. The number of hydrogen-bond acceptors (Lipinski definition) is 2. The quantitative estimate of drug-likeness (QED) is 0.353. The van der Waals surface area contributed by atoms with Crippen LogP contribution in [0.15, 0.2) is 60.7 Å². The zero-order valence-corrected chi connectivity index (χ0v) is 21.9. The molecule has 4 aliphatic heterocycles. The van der Waals surface area contributed by atoms with Crippen LogP contribution in [0.2, 0.25) is 0 Å². The van der Waals surface area contributed by atoms with Gasteiger partial charge in [-0.05, 0) is 114 Å². The Kier molecular flexibility index (Phi) is 4.43. The van der Waals surface area contributed by atoms with Gasteiger partial charge in [-0.15, -0.1) is 0 Å². The normalized spacial score (nSPS) is 34.9. The van der Waals surface area contributed by atoms with Crippen LogP contribution in [0, 0.1) is 0 Å². The third-order valence-corrected chi connectivity index (χ3v) is 12.6. The van der Waals surface area contributed by atoms with Gasteiger partial charge < -0.3 is 4.90 Å². The van der Waals surface area contributed by atoms with Gasteiger partial charge in [0.15, 0.2) is 0 Å². The maximum Gasteiger partial charge on any atom is 0.0545 e. The fourth-order valence-electron chi connectivity index (χ4n) is 9.31. The lowest BCUT2D eigenvalue weighted by atomic mass is 9.67. The topological polar surface area (TPSA) is 3.24 Å². The lowest BCUT2D eigenvalue weighted by molar-refractivity contribution is 0.357. The van der Waals surface area contributed by atoms with Gasteiger partial charge in [-0.3, -0.25) is 0 Å². The van der Waals surface area contributed by atoms with E-state index in [4.69, 9.17) is 0 Å². The molecule has 0 spiro atoms. The molecule has 4 heterocycles. The Morgan fingerprint density at radius 1 is 0.611 bits per heavy atom. The van der Waals surface area contributed by atoms with E-state index < -0.39 is 0 Å². The first-order chi connectivity index (χ1) is 17.8. The van der Waals surface area contributed by atoms with Crippen molar-refractivity contribution in [3.63, 3.8) is 0 Å². The van der Waals surface area contributed by atoms with Gasteiger partial charge in [0.2, 0.25) is 0 Å². The molecule has 9 aliphatic rings. The van der Waals surface area contributed by atoms with E-state index in [0.717, 1.165) is 17.8 Å². The zero-order chi connectivity index (χ0) is 23.4. The van der Waals surface area contributed by atoms with Crippen LogP contribution in [0.4, 0.5) is 5.69 Å². The van der Waals surface area contributed by atoms with Crippen LogP contribution in [0.1, 0.15) is 125 Å². The molecule has 182 valence electrons. The maximum atomic E-state index is 2.81. The van der Waals surface area contributed by atoms with E-state index in [1.165, 1.54) is 62.9 Å². The monoisotopic (exact) mass is 489 g/mol. The summed E-state index contributed by atoms with van der Waals surface area (Å²) in [4.78, 5) is 2.81. The van der Waals surface area contributed by atoms with E-state index in [2.05, 4.69) is 77.3 Å². The largest absolute Gasteiger partial charge is 0.364 e. The van der Waals surface area contributed by atoms with Gasteiger partial charge in [-0.25, -0.2) is 0 Å². The Bertz CT molecular complexity index is 1370. The minimum Gasteiger partial charge on any atom is -0.364 e. The Labute approximate surface area is 219 Å². The standard InChI is InChI=1S/C34H35NS/c1-2-4-29-26(3-1)24-16-31(34(29)36-19-24)22-9-12-28-23-10-14-33(32(28)15-22)35(18-23)25-11-13-27-20-5-7-21(8-6-20)30(27)17-25/h1-4,9,11-13,15,17,20-21,23-24,31,33-34H,5-8,10,14,16,18-19H2. The lowest BCUT2D eigenvalue weighted by Crippen LogP contribution is -2.42. The van der Waals surface area contributed by atoms with Crippen molar-refractivity contribution in [3.05, 3.63) is 99.6 Å². The molecule has 36 heavy (non-hydrogen) atoms. The minimum atomic E-state index is 0.560. The van der Waals surface area contributed by atoms with Gasteiger partial charge in [0.25, 0.3) is 0 Å². The van der Waals surface area contributed by atoms with Gasteiger partial charge in [0.05, 0.1) is 6.04 Å². The molecule has 2 saturated heterocycles. The van der Waals surface area contributed by atoms with Crippen molar-refractivity contribution in [2.75, 3.05) is 17.2 Å². The number of rotatable bonds is 2. The molecule has 2 heteroatoms. The summed E-state index contributed by atoms with van der Waals surface area (Å²) in [5.74, 6) is 5.08. The predicted octanol–water partition coefficient (Wildman–Crippen LogP) is 8.94. The van der Waals surface area contributed by atoms with Crippen LogP contribution in [-0.2, 0) is 0 Å². The number of nitrogens with zero attached hydrogens (tertiary/aromatic N) is 1. The molecule has 1 saturated carbocycles. The third kappa shape index (κ3) is 2.86. The lowest BCUT2D eigenvalue weighted by Gasteiger charge is -2.49. The van der Waals surface area contributed by atoms with E-state index in [0.29, 0.717) is 23.1 Å². The van der Waals surface area contributed by atoms with Gasteiger partial charge >= 0.3 is 0 Å². The second kappa shape index (κ2) is 7.67. The van der Waals surface area contributed by atoms with Crippen molar-refractivity contribution < 1.29 is 0 Å². The number of benzene rings is 3. The van der Waals surface area contributed by atoms with Crippen molar-refractivity contribution in [2.45, 2.75) is 85.8 Å². The second-order valence-electron chi connectivity index (χ2n) is 12.6. The molecule has 0 radical (unpaired) electrons. The van der Waals surface area contributed by atoms with Gasteiger partial charge in [-0.2, -0.15) is 11.8 Å². The molecule has 5 unspecified atom stereocenters. The highest BCUT2D eigenvalue weighted by atomic mass is 32.2. The SMILES string of the molecule is c1ccc2c(c1)C1CSC2C(c2ccc3c(c2)C2CCC3CN2c2ccc3c(c2)C2CCC3CC2)C1. The summed E-state index contributed by atoms with van der Waals surface area (Å²) in [6.45, 7) is 1.21. The number of thioether (sulfide) groups is 1. The van der Waals surface area contributed by atoms with E-state index >= 15 is 0 Å². The molecule has 0 N–H and O–H groups in total. The molecule has 3 aromatic carbocycles. The van der Waals surface area contributed by atoms with E-state index in [1.54, 1.807) is 38.9 Å². The van der Waals surface area contributed by atoms with Gasteiger partial charge in [-0.1, -0.05) is 48.5 Å². The van der Waals surface area contributed by atoms with Crippen molar-refractivity contribution in [1.29, 1.82) is 0 Å². The van der Waals surface area contributed by atoms with E-state index in [9.17, 15) is 0 Å². The first-order valence-electron chi connectivity index (χ1n) is 14.6. The number of hydrogen-bond donors (Lipinski definition) is 0. The molecule has 5 atom stereocenters. The summed E-state index contributed by atoms with van der Waals surface area (Å²) in [5, 5.41) is 0.636. The summed E-state index contributed by atoms with van der Waals surface area (Å²) < 4.78 is 0. The minimum absolute atomic E-state index is 0.560.